The number of pyridine rings is 1. The highest BCUT2D eigenvalue weighted by atomic mass is 35.5. The van der Waals surface area contributed by atoms with Crippen LogP contribution in [0.4, 0.5) is 11.6 Å². The number of aromatic amines is 1. The van der Waals surface area contributed by atoms with Gasteiger partial charge in [0.25, 0.3) is 5.56 Å². The van der Waals surface area contributed by atoms with Gasteiger partial charge in [-0.1, -0.05) is 59.1 Å². The molecule has 6 rings (SSSR count). The predicted molar refractivity (Wildman–Crippen MR) is 158 cm³/mol. The Morgan fingerprint density at radius 2 is 1.42 bits per heavy atom. The molecule has 2 aromatic heterocycles. The molecule has 0 saturated heterocycles. The SMILES string of the molecule is O=c1[nH]c(Nc2ccc(Cl)cc2)nc2nc3c(c(-c4ccc(Cl)cc4)c12)CCC/C3=C\c1ccc(Cl)cc1. The summed E-state index contributed by atoms with van der Waals surface area (Å²) in [6.45, 7) is 0. The molecule has 3 aromatic carbocycles. The first-order valence-electron chi connectivity index (χ1n) is 12.2. The number of hydrogen-bond donors (Lipinski definition) is 2. The summed E-state index contributed by atoms with van der Waals surface area (Å²) in [4.78, 5) is 26.2. The van der Waals surface area contributed by atoms with Crippen molar-refractivity contribution in [3.05, 3.63) is 115 Å². The molecule has 0 aliphatic heterocycles. The number of rotatable bonds is 4. The number of nitrogens with zero attached hydrogens (tertiary/aromatic N) is 2. The molecule has 1 aliphatic carbocycles. The number of H-pyrrole nitrogens is 1. The van der Waals surface area contributed by atoms with Crippen LogP contribution in [0.3, 0.4) is 0 Å². The summed E-state index contributed by atoms with van der Waals surface area (Å²) in [5.41, 5.74) is 6.63. The van der Waals surface area contributed by atoms with Gasteiger partial charge in [-0.3, -0.25) is 9.78 Å². The lowest BCUT2D eigenvalue weighted by atomic mass is 9.84. The van der Waals surface area contributed by atoms with E-state index in [1.54, 1.807) is 12.1 Å². The molecule has 0 unspecified atom stereocenters. The summed E-state index contributed by atoms with van der Waals surface area (Å²) in [5, 5.41) is 5.56. The largest absolute Gasteiger partial charge is 0.326 e. The highest BCUT2D eigenvalue weighted by molar-refractivity contribution is 6.31. The molecule has 0 saturated carbocycles. The molecule has 188 valence electrons. The number of fused-ring (bicyclic) bond motifs is 2. The summed E-state index contributed by atoms with van der Waals surface area (Å²) < 4.78 is 0. The van der Waals surface area contributed by atoms with Crippen molar-refractivity contribution < 1.29 is 0 Å². The van der Waals surface area contributed by atoms with Crippen molar-refractivity contribution in [3.8, 4) is 11.1 Å². The minimum Gasteiger partial charge on any atom is -0.326 e. The van der Waals surface area contributed by atoms with E-state index in [0.29, 0.717) is 32.0 Å². The van der Waals surface area contributed by atoms with Crippen molar-refractivity contribution >= 4 is 69.1 Å². The van der Waals surface area contributed by atoms with Crippen LogP contribution in [-0.4, -0.2) is 15.0 Å². The third kappa shape index (κ3) is 4.93. The number of hydrogen-bond acceptors (Lipinski definition) is 4. The summed E-state index contributed by atoms with van der Waals surface area (Å²) in [7, 11) is 0. The molecule has 8 heteroatoms. The van der Waals surface area contributed by atoms with Gasteiger partial charge in [0.2, 0.25) is 5.95 Å². The second kappa shape index (κ2) is 10.3. The third-order valence-electron chi connectivity index (χ3n) is 6.58. The van der Waals surface area contributed by atoms with Crippen LogP contribution in [0.15, 0.2) is 77.6 Å². The van der Waals surface area contributed by atoms with E-state index in [1.807, 2.05) is 60.7 Å². The van der Waals surface area contributed by atoms with E-state index in [0.717, 1.165) is 58.5 Å². The number of benzene rings is 3. The van der Waals surface area contributed by atoms with Crippen LogP contribution in [0.1, 0.15) is 29.7 Å². The predicted octanol–water partition coefficient (Wildman–Crippen LogP) is 8.57. The summed E-state index contributed by atoms with van der Waals surface area (Å²) >= 11 is 18.3. The average molecular weight is 560 g/mol. The van der Waals surface area contributed by atoms with E-state index < -0.39 is 0 Å². The van der Waals surface area contributed by atoms with Gasteiger partial charge in [-0.05, 0) is 96.1 Å². The molecule has 0 radical (unpaired) electrons. The van der Waals surface area contributed by atoms with Crippen molar-refractivity contribution in [1.82, 2.24) is 15.0 Å². The molecular weight excluding hydrogens is 539 g/mol. The van der Waals surface area contributed by atoms with Gasteiger partial charge in [-0.25, -0.2) is 4.98 Å². The molecule has 0 atom stereocenters. The second-order valence-corrected chi connectivity index (χ2v) is 10.4. The van der Waals surface area contributed by atoms with E-state index in [9.17, 15) is 4.79 Å². The third-order valence-corrected chi connectivity index (χ3v) is 7.34. The standard InChI is InChI=1S/C30H21Cl3N4O/c31-20-8-4-17(5-9-20)16-19-2-1-3-24-25(18-6-10-21(32)11-7-18)26-28(35-27(19)24)36-30(37-29(26)38)34-23-14-12-22(33)13-15-23/h4-16H,1-3H2,(H2,34,35,36,37,38)/b19-16+. The molecule has 1 aliphatic rings. The fourth-order valence-corrected chi connectivity index (χ4v) is 5.24. The van der Waals surface area contributed by atoms with Crippen molar-refractivity contribution in [2.75, 3.05) is 5.32 Å². The second-order valence-electron chi connectivity index (χ2n) is 9.14. The summed E-state index contributed by atoms with van der Waals surface area (Å²) in [6, 6.07) is 22.4. The van der Waals surface area contributed by atoms with E-state index in [1.165, 1.54) is 0 Å². The Bertz CT molecular complexity index is 1740. The molecule has 0 bridgehead atoms. The zero-order valence-electron chi connectivity index (χ0n) is 20.1. The molecule has 5 nitrogen and oxygen atoms in total. The van der Waals surface area contributed by atoms with Crippen LogP contribution >= 0.6 is 34.8 Å². The minimum atomic E-state index is -0.263. The monoisotopic (exact) mass is 558 g/mol. The molecule has 38 heavy (non-hydrogen) atoms. The number of halogens is 3. The highest BCUT2D eigenvalue weighted by Crippen LogP contribution is 2.40. The van der Waals surface area contributed by atoms with Crippen LogP contribution in [0.5, 0.6) is 0 Å². The highest BCUT2D eigenvalue weighted by Gasteiger charge is 2.25. The van der Waals surface area contributed by atoms with Gasteiger partial charge in [0.1, 0.15) is 0 Å². The number of anilines is 2. The fourth-order valence-electron chi connectivity index (χ4n) is 4.86. The maximum absolute atomic E-state index is 13.5. The lowest BCUT2D eigenvalue weighted by Gasteiger charge is -2.23. The Kier molecular flexibility index (Phi) is 6.66. The quantitative estimate of drug-likeness (QED) is 0.231. The number of nitrogens with one attached hydrogen (secondary N) is 2. The first-order valence-corrected chi connectivity index (χ1v) is 13.3. The van der Waals surface area contributed by atoms with Crippen molar-refractivity contribution in [2.24, 2.45) is 0 Å². The zero-order chi connectivity index (χ0) is 26.2. The van der Waals surface area contributed by atoms with Crippen LogP contribution < -0.4 is 10.9 Å². The first-order chi connectivity index (χ1) is 18.4. The average Bonchev–Trinajstić information content (AvgIpc) is 2.91. The van der Waals surface area contributed by atoms with Crippen molar-refractivity contribution in [2.45, 2.75) is 19.3 Å². The normalized spacial score (nSPS) is 14.0. The van der Waals surface area contributed by atoms with Gasteiger partial charge in [-0.2, -0.15) is 4.98 Å². The summed E-state index contributed by atoms with van der Waals surface area (Å²) in [6.07, 6.45) is 4.76. The Labute approximate surface area is 234 Å². The van der Waals surface area contributed by atoms with Gasteiger partial charge in [0.15, 0.2) is 5.65 Å². The van der Waals surface area contributed by atoms with Crippen LogP contribution in [0, 0.1) is 0 Å². The van der Waals surface area contributed by atoms with E-state index in [-0.39, 0.29) is 5.56 Å². The van der Waals surface area contributed by atoms with Crippen molar-refractivity contribution in [1.29, 1.82) is 0 Å². The molecule has 0 amide bonds. The van der Waals surface area contributed by atoms with Crippen LogP contribution in [0.25, 0.3) is 33.8 Å². The Balaban J connectivity index is 1.57. The lowest BCUT2D eigenvalue weighted by Crippen LogP contribution is -2.17. The van der Waals surface area contributed by atoms with Crippen LogP contribution in [0.2, 0.25) is 15.1 Å². The maximum atomic E-state index is 13.5. The van der Waals surface area contributed by atoms with Crippen molar-refractivity contribution in [3.63, 3.8) is 0 Å². The number of aromatic nitrogens is 3. The van der Waals surface area contributed by atoms with Gasteiger partial charge < -0.3 is 5.32 Å². The van der Waals surface area contributed by atoms with E-state index in [2.05, 4.69) is 16.4 Å². The fraction of sp³-hybridized carbons (Fsp3) is 0.100. The smallest absolute Gasteiger partial charge is 0.262 e. The number of allylic oxidation sites excluding steroid dienone is 1. The maximum Gasteiger partial charge on any atom is 0.262 e. The Morgan fingerprint density at radius 3 is 2.11 bits per heavy atom. The van der Waals surface area contributed by atoms with Gasteiger partial charge in [0.05, 0.1) is 11.1 Å². The lowest BCUT2D eigenvalue weighted by molar-refractivity contribution is 0.815. The molecule has 5 aromatic rings. The Morgan fingerprint density at radius 1 is 0.789 bits per heavy atom. The molecular formula is C30H21Cl3N4O. The molecule has 2 N–H and O–H groups in total. The molecule has 2 heterocycles. The zero-order valence-corrected chi connectivity index (χ0v) is 22.3. The van der Waals surface area contributed by atoms with Gasteiger partial charge >= 0.3 is 0 Å². The minimum absolute atomic E-state index is 0.263. The van der Waals surface area contributed by atoms with Gasteiger partial charge in [0, 0.05) is 26.3 Å². The van der Waals surface area contributed by atoms with E-state index in [4.69, 9.17) is 44.8 Å². The van der Waals surface area contributed by atoms with Crippen LogP contribution in [-0.2, 0) is 6.42 Å². The summed E-state index contributed by atoms with van der Waals surface area (Å²) in [5.74, 6) is 0.304. The first kappa shape index (κ1) is 24.7. The van der Waals surface area contributed by atoms with Gasteiger partial charge in [-0.15, -0.1) is 0 Å². The topological polar surface area (TPSA) is 70.7 Å². The van der Waals surface area contributed by atoms with E-state index >= 15 is 0 Å². The Hall–Kier alpha value is -3.64. The molecule has 0 spiro atoms. The molecule has 0 fully saturated rings.